The molecule has 5 nitrogen and oxygen atoms in total. The first-order valence-corrected chi connectivity index (χ1v) is 7.40. The molecule has 23 heavy (non-hydrogen) atoms. The molecule has 1 heterocycles. The maximum atomic E-state index is 14.4. The number of hydrogen-bond acceptors (Lipinski definition) is 5. The zero-order valence-electron chi connectivity index (χ0n) is 13.1. The Bertz CT molecular complexity index is 495. The third-order valence-corrected chi connectivity index (χ3v) is 3.64. The minimum absolute atomic E-state index is 0.0699. The predicted molar refractivity (Wildman–Crippen MR) is 78.0 cm³/mol. The maximum Gasteiger partial charge on any atom is 0.303 e. The van der Waals surface area contributed by atoms with E-state index >= 15 is 0 Å². The van der Waals surface area contributed by atoms with Crippen LogP contribution in [0.15, 0.2) is 30.3 Å². The first kappa shape index (κ1) is 18.2. The molecule has 0 amide bonds. The molecule has 0 bridgehead atoms. The molecule has 0 spiro atoms. The third kappa shape index (κ3) is 4.45. The molecule has 0 saturated carbocycles. The fourth-order valence-electron chi connectivity index (χ4n) is 2.40. The monoisotopic (exact) mass is 332 g/mol. The van der Waals surface area contributed by atoms with E-state index in [0.29, 0.717) is 5.56 Å². The van der Waals surface area contributed by atoms with Gasteiger partial charge < -0.3 is 24.4 Å². The lowest BCUT2D eigenvalue weighted by atomic mass is 10.0. The molecule has 1 aliphatic heterocycles. The average Bonchev–Trinajstić information content (AvgIpc) is 2.87. The topological polar surface area (TPSA) is 68.2 Å². The van der Waals surface area contributed by atoms with E-state index in [2.05, 4.69) is 0 Å². The number of halogens is 2. The fraction of sp³-hybridized carbons (Fsp3) is 0.625. The molecule has 2 rings (SSSR count). The number of ether oxygens (including phenoxy) is 3. The lowest BCUT2D eigenvalue weighted by Crippen LogP contribution is -2.54. The second kappa shape index (κ2) is 7.19. The molecular weight excluding hydrogens is 310 g/mol. The summed E-state index contributed by atoms with van der Waals surface area (Å²) in [6.45, 7) is 2.00. The van der Waals surface area contributed by atoms with Gasteiger partial charge in [0, 0.05) is 0 Å². The quantitative estimate of drug-likeness (QED) is 0.796. The summed E-state index contributed by atoms with van der Waals surface area (Å²) >= 11 is 0. The van der Waals surface area contributed by atoms with E-state index < -0.39 is 36.6 Å². The summed E-state index contributed by atoms with van der Waals surface area (Å²) in [5, 5.41) is 18.4. The van der Waals surface area contributed by atoms with Gasteiger partial charge in [0.15, 0.2) is 11.9 Å². The summed E-state index contributed by atoms with van der Waals surface area (Å²) in [6, 6.07) is 8.84. The van der Waals surface area contributed by atoms with Crippen LogP contribution < -0.4 is 0 Å². The van der Waals surface area contributed by atoms with Crippen LogP contribution in [0, 0.1) is 0 Å². The Morgan fingerprint density at radius 1 is 1.35 bits per heavy atom. The lowest BCUT2D eigenvalue weighted by Gasteiger charge is -2.33. The molecule has 130 valence electrons. The number of hydrogen-bond donors (Lipinski definition) is 2. The van der Waals surface area contributed by atoms with Gasteiger partial charge in [0.2, 0.25) is 0 Å². The van der Waals surface area contributed by atoms with E-state index in [9.17, 15) is 13.9 Å². The van der Waals surface area contributed by atoms with E-state index in [1.807, 2.05) is 6.07 Å². The van der Waals surface area contributed by atoms with Crippen LogP contribution in [-0.2, 0) is 20.8 Å². The van der Waals surface area contributed by atoms with Crippen LogP contribution in [0.3, 0.4) is 0 Å². The van der Waals surface area contributed by atoms with Gasteiger partial charge in [0.05, 0.1) is 19.8 Å². The molecule has 1 saturated heterocycles. The molecule has 2 N–H and O–H groups in total. The van der Waals surface area contributed by atoms with Crippen LogP contribution >= 0.6 is 0 Å². The van der Waals surface area contributed by atoms with Gasteiger partial charge in [-0.2, -0.15) is 0 Å². The van der Waals surface area contributed by atoms with Crippen LogP contribution in [0.1, 0.15) is 19.4 Å². The van der Waals surface area contributed by atoms with Gasteiger partial charge in [-0.15, -0.1) is 0 Å². The largest absolute Gasteiger partial charge is 0.393 e. The van der Waals surface area contributed by atoms with Crippen LogP contribution in [0.5, 0.6) is 0 Å². The van der Waals surface area contributed by atoms with E-state index in [1.165, 1.54) is 0 Å². The SMILES string of the molecule is CC1(C)OC[C@H](C(OCc2ccccc2)C(F)(F)[C@@H](O)CO)O1. The van der Waals surface area contributed by atoms with Gasteiger partial charge in [-0.1, -0.05) is 30.3 Å². The Labute approximate surface area is 133 Å². The summed E-state index contributed by atoms with van der Waals surface area (Å²) in [5.74, 6) is -4.68. The number of aliphatic hydroxyl groups excluding tert-OH is 2. The summed E-state index contributed by atoms with van der Waals surface area (Å²) in [4.78, 5) is 0. The van der Waals surface area contributed by atoms with Crippen molar-refractivity contribution < 1.29 is 33.2 Å². The summed E-state index contributed by atoms with van der Waals surface area (Å²) < 4.78 is 45.0. The van der Waals surface area contributed by atoms with Crippen molar-refractivity contribution in [1.29, 1.82) is 0 Å². The molecule has 1 fully saturated rings. The average molecular weight is 332 g/mol. The van der Waals surface area contributed by atoms with Crippen molar-refractivity contribution in [3.63, 3.8) is 0 Å². The molecule has 1 aromatic rings. The van der Waals surface area contributed by atoms with Crippen molar-refractivity contribution in [2.75, 3.05) is 13.2 Å². The normalized spacial score (nSPS) is 23.7. The fourth-order valence-corrected chi connectivity index (χ4v) is 2.40. The molecule has 1 aromatic carbocycles. The second-order valence-corrected chi connectivity index (χ2v) is 5.96. The van der Waals surface area contributed by atoms with E-state index in [0.717, 1.165) is 0 Å². The smallest absolute Gasteiger partial charge is 0.303 e. The minimum atomic E-state index is -3.68. The van der Waals surface area contributed by atoms with Crippen LogP contribution in [0.4, 0.5) is 8.78 Å². The first-order chi connectivity index (χ1) is 10.8. The number of rotatable bonds is 7. The van der Waals surface area contributed by atoms with Crippen molar-refractivity contribution >= 4 is 0 Å². The molecule has 0 aromatic heterocycles. The summed E-state index contributed by atoms with van der Waals surface area (Å²) in [6.07, 6.45) is -5.04. The molecule has 0 aliphatic carbocycles. The Balaban J connectivity index is 2.14. The maximum absolute atomic E-state index is 14.4. The molecule has 1 unspecified atom stereocenters. The Morgan fingerprint density at radius 2 is 2.00 bits per heavy atom. The lowest BCUT2D eigenvalue weighted by molar-refractivity contribution is -0.242. The summed E-state index contributed by atoms with van der Waals surface area (Å²) in [7, 11) is 0. The Kier molecular flexibility index (Phi) is 5.70. The highest BCUT2D eigenvalue weighted by molar-refractivity contribution is 5.13. The van der Waals surface area contributed by atoms with Crippen LogP contribution in [-0.4, -0.2) is 53.4 Å². The first-order valence-electron chi connectivity index (χ1n) is 7.40. The second-order valence-electron chi connectivity index (χ2n) is 5.96. The number of aliphatic hydroxyl groups is 2. The highest BCUT2D eigenvalue weighted by Gasteiger charge is 2.54. The van der Waals surface area contributed by atoms with Gasteiger partial charge in [0.1, 0.15) is 12.2 Å². The van der Waals surface area contributed by atoms with Gasteiger partial charge in [0.25, 0.3) is 0 Å². The van der Waals surface area contributed by atoms with Crippen molar-refractivity contribution in [3.05, 3.63) is 35.9 Å². The highest BCUT2D eigenvalue weighted by atomic mass is 19.3. The molecule has 0 radical (unpaired) electrons. The molecule has 3 atom stereocenters. The standard InChI is InChI=1S/C16H22F2O5/c1-15(2)22-10-12(23-15)14(16(17,18)13(20)8-19)21-9-11-6-4-3-5-7-11/h3-7,12-14,19-20H,8-10H2,1-2H3/t12-,13+,14?/m1/s1. The zero-order valence-corrected chi connectivity index (χ0v) is 13.1. The molecular formula is C16H22F2O5. The van der Waals surface area contributed by atoms with Crippen LogP contribution in [0.25, 0.3) is 0 Å². The molecule has 1 aliphatic rings. The highest BCUT2D eigenvalue weighted by Crippen LogP contribution is 2.35. The number of benzene rings is 1. The van der Waals surface area contributed by atoms with Crippen molar-refractivity contribution in [3.8, 4) is 0 Å². The van der Waals surface area contributed by atoms with Gasteiger partial charge in [-0.3, -0.25) is 0 Å². The van der Waals surface area contributed by atoms with Crippen LogP contribution in [0.2, 0.25) is 0 Å². The number of alkyl halides is 2. The minimum Gasteiger partial charge on any atom is -0.393 e. The zero-order chi connectivity index (χ0) is 17.1. The van der Waals surface area contributed by atoms with Crippen molar-refractivity contribution in [2.24, 2.45) is 0 Å². The van der Waals surface area contributed by atoms with E-state index in [-0.39, 0.29) is 13.2 Å². The van der Waals surface area contributed by atoms with E-state index in [1.54, 1.807) is 38.1 Å². The van der Waals surface area contributed by atoms with Gasteiger partial charge in [-0.05, 0) is 19.4 Å². The Hall–Kier alpha value is -1.12. The van der Waals surface area contributed by atoms with E-state index in [4.69, 9.17) is 19.3 Å². The van der Waals surface area contributed by atoms with Crippen molar-refractivity contribution in [1.82, 2.24) is 0 Å². The predicted octanol–water partition coefficient (Wildman–Crippen LogP) is 1.71. The summed E-state index contributed by atoms with van der Waals surface area (Å²) in [5.41, 5.74) is 0.713. The van der Waals surface area contributed by atoms with Gasteiger partial charge >= 0.3 is 5.92 Å². The third-order valence-electron chi connectivity index (χ3n) is 3.64. The Morgan fingerprint density at radius 3 is 2.52 bits per heavy atom. The molecule has 7 heteroatoms. The van der Waals surface area contributed by atoms with Crippen molar-refractivity contribution in [2.45, 2.75) is 50.5 Å². The van der Waals surface area contributed by atoms with Gasteiger partial charge in [-0.25, -0.2) is 8.78 Å².